The van der Waals surface area contributed by atoms with Crippen LogP contribution >= 0.6 is 22.7 Å². The van der Waals surface area contributed by atoms with Crippen molar-refractivity contribution in [3.05, 3.63) is 44.8 Å². The molecule has 2 heterocycles. The molecule has 0 aliphatic rings. The summed E-state index contributed by atoms with van der Waals surface area (Å²) in [6, 6.07) is 8.58. The maximum Gasteiger partial charge on any atom is 0.0102 e. The fourth-order valence-electron chi connectivity index (χ4n) is 1.37. The lowest BCUT2D eigenvalue weighted by Crippen LogP contribution is -2.09. The van der Waals surface area contributed by atoms with Crippen LogP contribution in [-0.2, 0) is 10.8 Å². The lowest BCUT2D eigenvalue weighted by Gasteiger charge is -2.18. The van der Waals surface area contributed by atoms with E-state index in [0.29, 0.717) is 21.7 Å². The Morgan fingerprint density at radius 2 is 0.750 bits per heavy atom. The lowest BCUT2D eigenvalue weighted by atomic mass is 9.93. The van der Waals surface area contributed by atoms with E-state index >= 15 is 0 Å². The maximum absolute atomic E-state index is 2.27. The van der Waals surface area contributed by atoms with Crippen molar-refractivity contribution >= 4 is 22.7 Å². The highest BCUT2D eigenvalue weighted by molar-refractivity contribution is 7.12. The van der Waals surface area contributed by atoms with Crippen LogP contribution in [0.25, 0.3) is 0 Å². The van der Waals surface area contributed by atoms with Crippen LogP contribution in [0.2, 0.25) is 0 Å². The molecule has 0 nitrogen and oxygen atoms in total. The Bertz CT molecular complexity index is 519. The zero-order valence-corrected chi connectivity index (χ0v) is 22.9. The molecule has 0 spiro atoms. The average Bonchev–Trinajstić information content (AvgIpc) is 3.09. The van der Waals surface area contributed by atoms with Gasteiger partial charge in [-0.05, 0) is 44.6 Å². The van der Waals surface area contributed by atoms with Crippen LogP contribution in [0.3, 0.4) is 0 Å². The smallest absolute Gasteiger partial charge is 0.0102 e. The van der Waals surface area contributed by atoms with E-state index < -0.39 is 0 Å². The molecular weight excluding hydrogens is 376 g/mol. The molecule has 0 aliphatic heterocycles. The largest absolute Gasteiger partial charge is 0.152 e. The second-order valence-electron chi connectivity index (χ2n) is 12.5. The number of rotatable bonds is 0. The van der Waals surface area contributed by atoms with Gasteiger partial charge in [-0.3, -0.25) is 0 Å². The minimum Gasteiger partial charge on any atom is -0.152 e. The van der Waals surface area contributed by atoms with Crippen LogP contribution in [0.15, 0.2) is 35.0 Å². The monoisotopic (exact) mass is 424 g/mol. The summed E-state index contributed by atoms with van der Waals surface area (Å²) in [5.74, 6) is 0. The third-order valence-electron chi connectivity index (χ3n) is 2.51. The average molecular weight is 425 g/mol. The van der Waals surface area contributed by atoms with Crippen LogP contribution < -0.4 is 0 Å². The fourth-order valence-corrected chi connectivity index (χ4v) is 2.95. The molecular formula is C26H48S2. The van der Waals surface area contributed by atoms with Gasteiger partial charge in [0.05, 0.1) is 0 Å². The molecule has 0 fully saturated rings. The molecule has 0 amide bonds. The Labute approximate surface area is 185 Å². The molecule has 0 bridgehead atoms. The molecule has 2 aromatic rings. The quantitative estimate of drug-likeness (QED) is 0.394. The van der Waals surface area contributed by atoms with Gasteiger partial charge in [-0.2, -0.15) is 11.3 Å². The summed E-state index contributed by atoms with van der Waals surface area (Å²) in [5.41, 5.74) is 1.60. The predicted molar refractivity (Wildman–Crippen MR) is 136 cm³/mol. The normalized spacial score (nSPS) is 11.9. The van der Waals surface area contributed by atoms with Gasteiger partial charge in [0.25, 0.3) is 0 Å². The first-order valence-corrected chi connectivity index (χ1v) is 12.0. The van der Waals surface area contributed by atoms with Gasteiger partial charge in [-0.15, -0.1) is 11.3 Å². The third-order valence-corrected chi connectivity index (χ3v) is 5.08. The molecule has 0 saturated carbocycles. The molecule has 164 valence electrons. The van der Waals surface area contributed by atoms with Gasteiger partial charge in [-0.1, -0.05) is 109 Å². The number of hydrogen-bond acceptors (Lipinski definition) is 2. The summed E-state index contributed by atoms with van der Waals surface area (Å²) >= 11 is 3.66. The van der Waals surface area contributed by atoms with Crippen LogP contribution in [0.5, 0.6) is 0 Å². The Balaban J connectivity index is 0. The topological polar surface area (TPSA) is 0 Å². The van der Waals surface area contributed by atoms with Gasteiger partial charge >= 0.3 is 0 Å². The minimum absolute atomic E-state index is 0.300. The second kappa shape index (κ2) is 12.2. The zero-order valence-electron chi connectivity index (χ0n) is 21.3. The Morgan fingerprint density at radius 3 is 0.857 bits per heavy atom. The standard InChI is InChI=1S/C12H20S.2C5H12.C4H4S/c1-11(2,3)9-7-8-10(13-9)12(4,5)6;2*1-5(2,3)4;1-2-4-5-3-1/h7-8H,1-6H3;2*1-4H3;1-4H. The van der Waals surface area contributed by atoms with E-state index in [1.807, 2.05) is 34.2 Å². The lowest BCUT2D eigenvalue weighted by molar-refractivity contribution is 0.469. The van der Waals surface area contributed by atoms with Gasteiger partial charge in [0.15, 0.2) is 0 Å². The zero-order chi connectivity index (χ0) is 22.8. The van der Waals surface area contributed by atoms with Gasteiger partial charge < -0.3 is 0 Å². The van der Waals surface area contributed by atoms with Crippen molar-refractivity contribution in [2.24, 2.45) is 10.8 Å². The second-order valence-corrected chi connectivity index (χ2v) is 14.4. The van der Waals surface area contributed by atoms with Crippen LogP contribution in [-0.4, -0.2) is 0 Å². The molecule has 2 aromatic heterocycles. The van der Waals surface area contributed by atoms with Crippen molar-refractivity contribution in [1.29, 1.82) is 0 Å². The van der Waals surface area contributed by atoms with E-state index in [1.165, 1.54) is 9.75 Å². The minimum atomic E-state index is 0.300. The fraction of sp³-hybridized carbons (Fsp3) is 0.692. The van der Waals surface area contributed by atoms with Crippen molar-refractivity contribution in [2.45, 2.75) is 108 Å². The summed E-state index contributed by atoms with van der Waals surface area (Å²) in [6.07, 6.45) is 0. The first kappa shape index (κ1) is 29.6. The van der Waals surface area contributed by atoms with Crippen LogP contribution in [0.4, 0.5) is 0 Å². The maximum atomic E-state index is 2.27. The van der Waals surface area contributed by atoms with E-state index in [0.717, 1.165) is 0 Å². The van der Waals surface area contributed by atoms with E-state index in [9.17, 15) is 0 Å². The van der Waals surface area contributed by atoms with E-state index in [1.54, 1.807) is 11.3 Å². The van der Waals surface area contributed by atoms with Gasteiger partial charge in [-0.25, -0.2) is 0 Å². The van der Waals surface area contributed by atoms with E-state index in [2.05, 4.69) is 109 Å². The number of thiophene rings is 2. The van der Waals surface area contributed by atoms with Crippen molar-refractivity contribution < 1.29 is 0 Å². The van der Waals surface area contributed by atoms with E-state index in [-0.39, 0.29) is 0 Å². The Morgan fingerprint density at radius 1 is 0.500 bits per heavy atom. The molecule has 0 N–H and O–H groups in total. The highest BCUT2D eigenvalue weighted by Gasteiger charge is 2.21. The summed E-state index contributed by atoms with van der Waals surface area (Å²) in [4.78, 5) is 2.97. The first-order valence-electron chi connectivity index (χ1n) is 10.3. The van der Waals surface area contributed by atoms with E-state index in [4.69, 9.17) is 0 Å². The molecule has 28 heavy (non-hydrogen) atoms. The molecule has 2 rings (SSSR count). The molecule has 0 aromatic carbocycles. The SMILES string of the molecule is CC(C)(C)C.CC(C)(C)C.CC(C)(C)c1ccc(C(C)(C)C)s1.c1ccsc1. The van der Waals surface area contributed by atoms with Gasteiger partial charge in [0.2, 0.25) is 0 Å². The molecule has 0 atom stereocenters. The molecule has 2 heteroatoms. The molecule has 0 unspecified atom stereocenters. The summed E-state index contributed by atoms with van der Waals surface area (Å²) in [7, 11) is 0. The predicted octanol–water partition coefficient (Wildman–Crippen LogP) is 10.2. The molecule has 0 aliphatic carbocycles. The van der Waals surface area contributed by atoms with Gasteiger partial charge in [0, 0.05) is 9.75 Å². The van der Waals surface area contributed by atoms with Crippen molar-refractivity contribution in [3.63, 3.8) is 0 Å². The third kappa shape index (κ3) is 23.4. The summed E-state index contributed by atoms with van der Waals surface area (Å²) in [6.45, 7) is 31.1. The Kier molecular flexibility index (Phi) is 12.9. The van der Waals surface area contributed by atoms with Crippen molar-refractivity contribution in [2.75, 3.05) is 0 Å². The molecule has 0 saturated heterocycles. The Hall–Kier alpha value is -0.600. The highest BCUT2D eigenvalue weighted by atomic mass is 32.1. The number of hydrogen-bond donors (Lipinski definition) is 0. The first-order chi connectivity index (χ1) is 12.2. The molecule has 0 radical (unpaired) electrons. The summed E-state index contributed by atoms with van der Waals surface area (Å²) < 4.78 is 0. The van der Waals surface area contributed by atoms with Crippen LogP contribution in [0, 0.1) is 10.8 Å². The van der Waals surface area contributed by atoms with Crippen LogP contribution in [0.1, 0.15) is 107 Å². The highest BCUT2D eigenvalue weighted by Crippen LogP contribution is 2.35. The van der Waals surface area contributed by atoms with Crippen molar-refractivity contribution in [3.8, 4) is 0 Å². The van der Waals surface area contributed by atoms with Crippen molar-refractivity contribution in [1.82, 2.24) is 0 Å². The van der Waals surface area contributed by atoms with Gasteiger partial charge in [0.1, 0.15) is 0 Å². The summed E-state index contributed by atoms with van der Waals surface area (Å²) in [5, 5.41) is 4.08.